The standard InChI is InChI=1S/C17H20N4O2/c1-12-8-14-13(15(9-12)21(22)23)2-5-19-16(14)20-7-4-17(11-20)3-6-18-10-17/h2,5,8-9,18H,3-4,6-7,10-11H2,1H3. The van der Waals surface area contributed by atoms with Gasteiger partial charge in [-0.2, -0.15) is 0 Å². The monoisotopic (exact) mass is 312 g/mol. The minimum atomic E-state index is -0.300. The summed E-state index contributed by atoms with van der Waals surface area (Å²) >= 11 is 0. The second-order valence-corrected chi connectivity index (χ2v) is 6.87. The van der Waals surface area contributed by atoms with E-state index in [0.717, 1.165) is 49.4 Å². The number of rotatable bonds is 2. The normalized spacial score (nSPS) is 24.0. The molecule has 23 heavy (non-hydrogen) atoms. The molecule has 2 saturated heterocycles. The van der Waals surface area contributed by atoms with Crippen molar-refractivity contribution >= 4 is 22.3 Å². The minimum Gasteiger partial charge on any atom is -0.355 e. The Morgan fingerprint density at radius 2 is 2.22 bits per heavy atom. The van der Waals surface area contributed by atoms with Crippen molar-refractivity contribution in [2.24, 2.45) is 5.41 Å². The number of aromatic nitrogens is 1. The Morgan fingerprint density at radius 1 is 1.35 bits per heavy atom. The number of fused-ring (bicyclic) bond motifs is 1. The average Bonchev–Trinajstić information content (AvgIpc) is 3.16. The summed E-state index contributed by atoms with van der Waals surface area (Å²) in [5, 5.41) is 16.4. The summed E-state index contributed by atoms with van der Waals surface area (Å²) in [6, 6.07) is 5.40. The molecule has 1 aromatic heterocycles. The van der Waals surface area contributed by atoms with Crippen molar-refractivity contribution in [2.75, 3.05) is 31.1 Å². The van der Waals surface area contributed by atoms with Crippen LogP contribution in [0.3, 0.4) is 0 Å². The predicted octanol–water partition coefficient (Wildman–Crippen LogP) is 2.64. The van der Waals surface area contributed by atoms with Crippen LogP contribution >= 0.6 is 0 Å². The summed E-state index contributed by atoms with van der Waals surface area (Å²) in [7, 11) is 0. The lowest BCUT2D eigenvalue weighted by Gasteiger charge is -2.24. The van der Waals surface area contributed by atoms with Crippen LogP contribution in [0.2, 0.25) is 0 Å². The van der Waals surface area contributed by atoms with E-state index < -0.39 is 0 Å². The zero-order valence-corrected chi connectivity index (χ0v) is 13.2. The molecule has 1 N–H and O–H groups in total. The van der Waals surface area contributed by atoms with Crippen molar-refractivity contribution in [2.45, 2.75) is 19.8 Å². The van der Waals surface area contributed by atoms with Gasteiger partial charge in [-0.3, -0.25) is 10.1 Å². The van der Waals surface area contributed by atoms with E-state index in [-0.39, 0.29) is 10.6 Å². The molecule has 1 unspecified atom stereocenters. The molecule has 0 saturated carbocycles. The number of nitrogens with one attached hydrogen (secondary N) is 1. The second kappa shape index (κ2) is 5.16. The topological polar surface area (TPSA) is 71.3 Å². The fourth-order valence-corrected chi connectivity index (χ4v) is 4.05. The molecular formula is C17H20N4O2. The van der Waals surface area contributed by atoms with E-state index in [1.165, 1.54) is 6.42 Å². The number of benzene rings is 1. The molecule has 1 atom stereocenters. The fourth-order valence-electron chi connectivity index (χ4n) is 4.05. The molecule has 1 spiro atoms. The Balaban J connectivity index is 1.80. The van der Waals surface area contributed by atoms with Crippen molar-refractivity contribution in [3.63, 3.8) is 0 Å². The molecule has 2 aromatic rings. The second-order valence-electron chi connectivity index (χ2n) is 6.87. The smallest absolute Gasteiger partial charge is 0.277 e. The zero-order chi connectivity index (χ0) is 16.0. The van der Waals surface area contributed by atoms with Crippen LogP contribution in [-0.4, -0.2) is 36.1 Å². The largest absolute Gasteiger partial charge is 0.355 e. The van der Waals surface area contributed by atoms with Crippen molar-refractivity contribution in [3.05, 3.63) is 40.1 Å². The number of non-ortho nitro benzene ring substituents is 1. The summed E-state index contributed by atoms with van der Waals surface area (Å²) in [5.74, 6) is 0.887. The number of hydrogen-bond acceptors (Lipinski definition) is 5. The van der Waals surface area contributed by atoms with E-state index in [2.05, 4.69) is 15.2 Å². The van der Waals surface area contributed by atoms with Crippen LogP contribution in [-0.2, 0) is 0 Å². The molecule has 2 fully saturated rings. The number of nitro groups is 1. The maximum atomic E-state index is 11.4. The molecule has 4 rings (SSSR count). The van der Waals surface area contributed by atoms with Gasteiger partial charge in [-0.05, 0) is 44.0 Å². The first-order chi connectivity index (χ1) is 11.1. The third-order valence-corrected chi connectivity index (χ3v) is 5.25. The van der Waals surface area contributed by atoms with E-state index in [1.807, 2.05) is 13.0 Å². The molecule has 6 nitrogen and oxygen atoms in total. The van der Waals surface area contributed by atoms with Crippen LogP contribution in [0, 0.1) is 22.5 Å². The lowest BCUT2D eigenvalue weighted by Crippen LogP contribution is -2.29. The van der Waals surface area contributed by atoms with Gasteiger partial charge in [0.05, 0.1) is 10.3 Å². The summed E-state index contributed by atoms with van der Waals surface area (Å²) < 4.78 is 0. The molecular weight excluding hydrogens is 292 g/mol. The van der Waals surface area contributed by atoms with Gasteiger partial charge in [0.1, 0.15) is 5.82 Å². The highest BCUT2D eigenvalue weighted by molar-refractivity contribution is 5.98. The molecule has 120 valence electrons. The molecule has 1 aromatic carbocycles. The SMILES string of the molecule is Cc1cc([N+](=O)[O-])c2ccnc(N3CCC4(CCNC4)C3)c2c1. The summed E-state index contributed by atoms with van der Waals surface area (Å²) in [4.78, 5) is 17.9. The number of pyridine rings is 1. The molecule has 6 heteroatoms. The third kappa shape index (κ3) is 2.34. The predicted molar refractivity (Wildman–Crippen MR) is 89.9 cm³/mol. The Bertz CT molecular complexity index is 784. The molecule has 3 heterocycles. The Kier molecular flexibility index (Phi) is 3.23. The first-order valence-electron chi connectivity index (χ1n) is 8.07. The van der Waals surface area contributed by atoms with E-state index >= 15 is 0 Å². The zero-order valence-electron chi connectivity index (χ0n) is 13.2. The first-order valence-corrected chi connectivity index (χ1v) is 8.07. The van der Waals surface area contributed by atoms with Gasteiger partial charge in [-0.25, -0.2) is 4.98 Å². The van der Waals surface area contributed by atoms with Gasteiger partial charge >= 0.3 is 0 Å². The molecule has 0 aliphatic carbocycles. The van der Waals surface area contributed by atoms with Crippen molar-refractivity contribution in [1.29, 1.82) is 0 Å². The van der Waals surface area contributed by atoms with Gasteiger partial charge in [0.25, 0.3) is 5.69 Å². The van der Waals surface area contributed by atoms with Gasteiger partial charge in [-0.15, -0.1) is 0 Å². The number of aryl methyl sites for hydroxylation is 1. The molecule has 0 amide bonds. The lowest BCUT2D eigenvalue weighted by atomic mass is 9.86. The summed E-state index contributed by atoms with van der Waals surface area (Å²) in [6.45, 7) is 5.99. The van der Waals surface area contributed by atoms with Crippen LogP contribution in [0.25, 0.3) is 10.8 Å². The first kappa shape index (κ1) is 14.4. The highest BCUT2D eigenvalue weighted by Crippen LogP contribution is 2.40. The van der Waals surface area contributed by atoms with Crippen LogP contribution in [0.4, 0.5) is 11.5 Å². The van der Waals surface area contributed by atoms with E-state index in [1.54, 1.807) is 18.3 Å². The molecule has 2 aliphatic heterocycles. The number of nitro benzene ring substituents is 1. The Morgan fingerprint density at radius 3 is 2.96 bits per heavy atom. The molecule has 0 bridgehead atoms. The van der Waals surface area contributed by atoms with Crippen molar-refractivity contribution < 1.29 is 4.92 Å². The summed E-state index contributed by atoms with van der Waals surface area (Å²) in [5.41, 5.74) is 1.41. The van der Waals surface area contributed by atoms with Gasteiger partial charge in [-0.1, -0.05) is 0 Å². The van der Waals surface area contributed by atoms with E-state index in [0.29, 0.717) is 10.8 Å². The number of nitrogens with zero attached hydrogens (tertiary/aromatic N) is 3. The van der Waals surface area contributed by atoms with Crippen molar-refractivity contribution in [3.8, 4) is 0 Å². The van der Waals surface area contributed by atoms with E-state index in [4.69, 9.17) is 0 Å². The number of hydrogen-bond donors (Lipinski definition) is 1. The Labute approximate surface area is 134 Å². The quantitative estimate of drug-likeness (QED) is 0.682. The van der Waals surface area contributed by atoms with Crippen LogP contribution in [0.5, 0.6) is 0 Å². The van der Waals surface area contributed by atoms with E-state index in [9.17, 15) is 10.1 Å². The fraction of sp³-hybridized carbons (Fsp3) is 0.471. The van der Waals surface area contributed by atoms with Gasteiger partial charge < -0.3 is 10.2 Å². The maximum Gasteiger partial charge on any atom is 0.277 e. The van der Waals surface area contributed by atoms with Crippen LogP contribution in [0.1, 0.15) is 18.4 Å². The van der Waals surface area contributed by atoms with Crippen molar-refractivity contribution in [1.82, 2.24) is 10.3 Å². The van der Waals surface area contributed by atoms with Gasteiger partial charge in [0.2, 0.25) is 0 Å². The van der Waals surface area contributed by atoms with Gasteiger partial charge in [0.15, 0.2) is 0 Å². The summed E-state index contributed by atoms with van der Waals surface area (Å²) in [6.07, 6.45) is 4.05. The molecule has 2 aliphatic rings. The third-order valence-electron chi connectivity index (χ3n) is 5.25. The average molecular weight is 312 g/mol. The number of anilines is 1. The minimum absolute atomic E-state index is 0.167. The molecule has 0 radical (unpaired) electrons. The Hall–Kier alpha value is -2.21. The maximum absolute atomic E-state index is 11.4. The van der Waals surface area contributed by atoms with Crippen LogP contribution in [0.15, 0.2) is 24.4 Å². The van der Waals surface area contributed by atoms with Gasteiger partial charge in [0, 0.05) is 42.7 Å². The lowest BCUT2D eigenvalue weighted by molar-refractivity contribution is -0.383. The highest BCUT2D eigenvalue weighted by Gasteiger charge is 2.41. The van der Waals surface area contributed by atoms with Crippen LogP contribution < -0.4 is 10.2 Å². The highest BCUT2D eigenvalue weighted by atomic mass is 16.6.